The van der Waals surface area contributed by atoms with Crippen molar-refractivity contribution in [3.05, 3.63) is 24.3 Å². The van der Waals surface area contributed by atoms with E-state index in [2.05, 4.69) is 60.0 Å². The maximum absolute atomic E-state index is 12.4. The lowest BCUT2D eigenvalue weighted by Gasteiger charge is -2.34. The number of nitrogens with one attached hydrogen (secondary N) is 2. The summed E-state index contributed by atoms with van der Waals surface area (Å²) < 4.78 is 31.7. The van der Waals surface area contributed by atoms with Gasteiger partial charge in [-0.25, -0.2) is 8.42 Å². The van der Waals surface area contributed by atoms with E-state index in [1.807, 2.05) is 0 Å². The normalized spacial score (nSPS) is 12.0. The van der Waals surface area contributed by atoms with E-state index in [-0.39, 0.29) is 18.4 Å². The fraction of sp³-hybridized carbons (Fsp3) is 0.864. The predicted molar refractivity (Wildman–Crippen MR) is 230 cm³/mol. The number of allylic oxidation sites excluding steroid dienone is 4. The Bertz CT molecular complexity index is 963. The molecule has 0 aliphatic heterocycles. The molecule has 0 unspecified atom stereocenters. The molecule has 0 aliphatic carbocycles. The van der Waals surface area contributed by atoms with Crippen molar-refractivity contribution in [3.8, 4) is 0 Å². The summed E-state index contributed by atoms with van der Waals surface area (Å²) in [6.45, 7) is 7.96. The fourth-order valence-electron chi connectivity index (χ4n) is 6.40. The highest BCUT2D eigenvalue weighted by Crippen LogP contribution is 2.12. The average molecular weight is 802 g/mol. The van der Waals surface area contributed by atoms with Crippen LogP contribution < -0.4 is 10.6 Å². The van der Waals surface area contributed by atoms with Gasteiger partial charge in [0.15, 0.2) is 0 Å². The van der Waals surface area contributed by atoms with Gasteiger partial charge in [0, 0.05) is 12.8 Å². The number of carbonyl (C=O) groups excluding carboxylic acids is 2. The van der Waals surface area contributed by atoms with Crippen LogP contribution >= 0.6 is 0 Å². The lowest BCUT2D eigenvalue weighted by Crippen LogP contribution is -2.53. The second-order valence-corrected chi connectivity index (χ2v) is 16.6. The van der Waals surface area contributed by atoms with Gasteiger partial charge in [-0.1, -0.05) is 141 Å². The van der Waals surface area contributed by atoms with Gasteiger partial charge in [0.2, 0.25) is 22.2 Å². The molecule has 0 aromatic rings. The number of hydrogen-bond acceptors (Lipinski definition) is 7. The zero-order valence-electron chi connectivity index (χ0n) is 36.1. The molecule has 3 N–H and O–H groups in total. The van der Waals surface area contributed by atoms with Crippen molar-refractivity contribution in [1.82, 2.24) is 10.6 Å². The number of aliphatic hydroxyl groups excluding tert-OH is 1. The Labute approximate surface area is 339 Å². The van der Waals surface area contributed by atoms with Crippen LogP contribution in [0.5, 0.6) is 0 Å². The molecule has 0 bridgehead atoms. The quantitative estimate of drug-likeness (QED) is 0.0185. The van der Waals surface area contributed by atoms with Crippen molar-refractivity contribution >= 4 is 22.2 Å². The van der Waals surface area contributed by atoms with Gasteiger partial charge < -0.3 is 24.8 Å². The monoisotopic (exact) mass is 802 g/mol. The molecule has 55 heavy (non-hydrogen) atoms. The van der Waals surface area contributed by atoms with Crippen molar-refractivity contribution in [3.63, 3.8) is 0 Å². The molecule has 0 heterocycles. The molecule has 0 atom stereocenters. The maximum Gasteiger partial charge on any atom is 0.220 e. The van der Waals surface area contributed by atoms with E-state index in [0.29, 0.717) is 37.0 Å². The molecule has 0 radical (unpaired) electrons. The average Bonchev–Trinajstić information content (AvgIpc) is 3.15. The van der Waals surface area contributed by atoms with Gasteiger partial charge in [-0.15, -0.1) is 0 Å². The second kappa shape index (κ2) is 41.8. The van der Waals surface area contributed by atoms with E-state index in [9.17, 15) is 27.7 Å². The lowest BCUT2D eigenvalue weighted by atomic mass is 10.1. The molecule has 0 spiro atoms. The molecule has 0 fully saturated rings. The van der Waals surface area contributed by atoms with Crippen LogP contribution in [0, 0.1) is 0 Å². The molecule has 0 saturated carbocycles. The summed E-state index contributed by atoms with van der Waals surface area (Å²) in [7, 11) is -1.50. The van der Waals surface area contributed by atoms with Crippen molar-refractivity contribution in [2.75, 3.05) is 53.5 Å². The number of rotatable bonds is 39. The van der Waals surface area contributed by atoms with Crippen molar-refractivity contribution < 1.29 is 36.3 Å². The van der Waals surface area contributed by atoms with Gasteiger partial charge in [0.1, 0.15) is 6.54 Å². The highest BCUT2D eigenvalue weighted by molar-refractivity contribution is 7.80. The number of likely N-dealkylation sites (N-methyl/N-ethyl adjacent to an activating group) is 1. The Hall–Kier alpha value is -1.79. The molecular formula is C44H87N3O7S. The van der Waals surface area contributed by atoms with Crippen LogP contribution in [0.3, 0.4) is 0 Å². The zero-order valence-corrected chi connectivity index (χ0v) is 36.9. The molecule has 2 amide bonds. The molecular weight excluding hydrogens is 715 g/mol. The molecule has 0 aromatic carbocycles. The summed E-state index contributed by atoms with van der Waals surface area (Å²) in [5.74, 6) is 0.253. The summed E-state index contributed by atoms with van der Waals surface area (Å²) in [5.41, 5.74) is 0. The van der Waals surface area contributed by atoms with Crippen LogP contribution in [0.25, 0.3) is 0 Å². The number of nitrogens with zero attached hydrogens (tertiary/aromatic N) is 1. The van der Waals surface area contributed by atoms with Gasteiger partial charge in [0.05, 0.1) is 46.9 Å². The molecule has 10 nitrogen and oxygen atoms in total. The SMILES string of the molecule is CCCCCCCC/C=C/CCCCCCCC(=O)NCC[N+](C)(CCO)CCNC(=O)CCCCCCC/C=C/CCCCCCCC.COS(=O)(=O)[O-]. The first-order valence-corrected chi connectivity index (χ1v) is 23.7. The number of aliphatic hydroxyl groups is 1. The van der Waals surface area contributed by atoms with E-state index in [1.54, 1.807) is 0 Å². The molecule has 0 aliphatic rings. The largest absolute Gasteiger partial charge is 0.726 e. The summed E-state index contributed by atoms with van der Waals surface area (Å²) in [6, 6.07) is 0. The Kier molecular flexibility index (Phi) is 42.1. The van der Waals surface area contributed by atoms with Crippen LogP contribution in [-0.4, -0.2) is 87.9 Å². The summed E-state index contributed by atoms with van der Waals surface area (Å²) >= 11 is 0. The smallest absolute Gasteiger partial charge is 0.220 e. The number of unbranched alkanes of at least 4 members (excludes halogenated alkanes) is 22. The van der Waals surface area contributed by atoms with E-state index >= 15 is 0 Å². The Morgan fingerprint density at radius 2 is 0.855 bits per heavy atom. The van der Waals surface area contributed by atoms with Crippen molar-refractivity contribution in [1.29, 1.82) is 0 Å². The number of hydrogen-bond donors (Lipinski definition) is 3. The molecule has 0 aromatic heterocycles. The van der Waals surface area contributed by atoms with Gasteiger partial charge >= 0.3 is 0 Å². The third-order valence-electron chi connectivity index (χ3n) is 10.1. The molecule has 11 heteroatoms. The van der Waals surface area contributed by atoms with Crippen molar-refractivity contribution in [2.24, 2.45) is 0 Å². The minimum absolute atomic E-state index is 0.0994. The third-order valence-corrected chi connectivity index (χ3v) is 10.5. The Balaban J connectivity index is 0. The van der Waals surface area contributed by atoms with E-state index in [1.165, 1.54) is 141 Å². The minimum Gasteiger partial charge on any atom is -0.726 e. The van der Waals surface area contributed by atoms with Crippen LogP contribution in [0.2, 0.25) is 0 Å². The number of amides is 2. The van der Waals surface area contributed by atoms with Gasteiger partial charge in [-0.3, -0.25) is 13.8 Å². The first-order valence-electron chi connectivity index (χ1n) is 22.3. The Morgan fingerprint density at radius 3 is 1.15 bits per heavy atom. The van der Waals surface area contributed by atoms with Gasteiger partial charge in [-0.2, -0.15) is 0 Å². The Morgan fingerprint density at radius 1 is 0.564 bits per heavy atom. The summed E-state index contributed by atoms with van der Waals surface area (Å²) in [5, 5.41) is 15.8. The van der Waals surface area contributed by atoms with E-state index < -0.39 is 10.4 Å². The van der Waals surface area contributed by atoms with E-state index in [0.717, 1.165) is 45.9 Å². The number of quaternary nitrogens is 1. The summed E-state index contributed by atoms with van der Waals surface area (Å²) in [4.78, 5) is 24.7. The molecule has 0 rings (SSSR count). The fourth-order valence-corrected chi connectivity index (χ4v) is 6.40. The van der Waals surface area contributed by atoms with Crippen molar-refractivity contribution in [2.45, 2.75) is 194 Å². The second-order valence-electron chi connectivity index (χ2n) is 15.5. The topological polar surface area (TPSA) is 145 Å². The standard InChI is InChI=1S/C43H83N3O3.CH4O4S/c1-4-6-8-10-12-14-16-18-20-22-24-26-28-30-32-34-42(48)44-36-38-46(3,40-41-47)39-37-45-43(49)35-33-31-29-27-25-23-21-19-17-15-13-11-9-7-5-2;1-5-6(2,3)4/h18-21,47H,4-17,22-41H2,1-3H3,(H-,44,45,48,49);1H3,(H,2,3,4)/b20-18+,21-19+;. The third kappa shape index (κ3) is 46.5. The molecule has 326 valence electrons. The highest BCUT2D eigenvalue weighted by atomic mass is 32.3. The zero-order chi connectivity index (χ0) is 41.1. The number of carbonyl (C=O) groups is 2. The van der Waals surface area contributed by atoms with Crippen LogP contribution in [-0.2, 0) is 24.2 Å². The lowest BCUT2D eigenvalue weighted by molar-refractivity contribution is -0.907. The summed E-state index contributed by atoms with van der Waals surface area (Å²) in [6.07, 6.45) is 43.4. The first kappa shape index (κ1) is 55.3. The van der Waals surface area contributed by atoms with Crippen LogP contribution in [0.4, 0.5) is 0 Å². The first-order chi connectivity index (χ1) is 26.5. The van der Waals surface area contributed by atoms with Gasteiger partial charge in [0.25, 0.3) is 0 Å². The van der Waals surface area contributed by atoms with E-state index in [4.69, 9.17) is 0 Å². The predicted octanol–water partition coefficient (Wildman–Crippen LogP) is 9.83. The highest BCUT2D eigenvalue weighted by Gasteiger charge is 2.21. The van der Waals surface area contributed by atoms with Crippen LogP contribution in [0.1, 0.15) is 194 Å². The maximum atomic E-state index is 12.4. The van der Waals surface area contributed by atoms with Gasteiger partial charge in [-0.05, 0) is 64.2 Å². The minimum atomic E-state index is -4.41. The van der Waals surface area contributed by atoms with Crippen LogP contribution in [0.15, 0.2) is 24.3 Å². The molecule has 0 saturated heterocycles.